The molecule has 0 N–H and O–H groups in total. The van der Waals surface area contributed by atoms with Crippen LogP contribution in [-0.2, 0) is 14.3 Å². The highest BCUT2D eigenvalue weighted by Crippen LogP contribution is 2.25. The maximum Gasteiger partial charge on any atom is 0.341 e. The zero-order valence-corrected chi connectivity index (χ0v) is 19.1. The molecule has 0 saturated heterocycles. The van der Waals surface area contributed by atoms with E-state index in [2.05, 4.69) is 18.8 Å². The number of ether oxygens (including phenoxy) is 1. The zero-order chi connectivity index (χ0) is 22.9. The molecule has 1 heterocycles. The van der Waals surface area contributed by atoms with Gasteiger partial charge in [-0.05, 0) is 48.2 Å². The molecule has 0 spiro atoms. The van der Waals surface area contributed by atoms with Crippen molar-refractivity contribution in [1.29, 1.82) is 0 Å². The third-order valence-electron chi connectivity index (χ3n) is 5.60. The first-order valence-electron chi connectivity index (χ1n) is 11.4. The van der Waals surface area contributed by atoms with E-state index in [1.165, 1.54) is 0 Å². The van der Waals surface area contributed by atoms with Crippen molar-refractivity contribution in [2.24, 2.45) is 5.92 Å². The van der Waals surface area contributed by atoms with E-state index >= 15 is 0 Å². The molecule has 32 heavy (non-hydrogen) atoms. The highest BCUT2D eigenvalue weighted by atomic mass is 16.5. The number of fused-ring (bicyclic) bond motifs is 1. The molecule has 5 nitrogen and oxygen atoms in total. The molecule has 0 aliphatic carbocycles. The minimum Gasteiger partial charge on any atom is -0.462 e. The third-order valence-corrected chi connectivity index (χ3v) is 5.60. The highest BCUT2D eigenvalue weighted by Gasteiger charge is 2.20. The van der Waals surface area contributed by atoms with E-state index in [4.69, 9.17) is 9.15 Å². The Balaban J connectivity index is 1.75. The molecule has 2 aromatic carbocycles. The van der Waals surface area contributed by atoms with Crippen molar-refractivity contribution >= 4 is 28.9 Å². The molecule has 1 unspecified atom stereocenters. The summed E-state index contributed by atoms with van der Waals surface area (Å²) in [6.07, 6.45) is 6.05. The first-order chi connectivity index (χ1) is 15.5. The fraction of sp³-hybridized carbons (Fsp3) is 0.370. The van der Waals surface area contributed by atoms with E-state index in [9.17, 15) is 9.59 Å². The number of aromatic nitrogens is 1. The number of ketones is 1. The van der Waals surface area contributed by atoms with Crippen LogP contribution >= 0.6 is 0 Å². The smallest absolute Gasteiger partial charge is 0.341 e. The van der Waals surface area contributed by atoms with E-state index in [-0.39, 0.29) is 17.8 Å². The van der Waals surface area contributed by atoms with Gasteiger partial charge >= 0.3 is 5.97 Å². The molecule has 0 radical (unpaired) electrons. The summed E-state index contributed by atoms with van der Waals surface area (Å²) < 4.78 is 11.3. The zero-order valence-electron chi connectivity index (χ0n) is 19.1. The molecular weight excluding hydrogens is 402 g/mol. The highest BCUT2D eigenvalue weighted by molar-refractivity contribution is 6.20. The number of carbonyl (C=O) groups is 2. The lowest BCUT2D eigenvalue weighted by molar-refractivity contribution is -0.141. The molecule has 168 valence electrons. The normalized spacial score (nSPS) is 12.7. The van der Waals surface area contributed by atoms with E-state index in [0.717, 1.165) is 47.9 Å². The number of Topliss-reactive ketones (excluding diaryl/α,β-unsaturated/α-hetero) is 1. The molecule has 5 heteroatoms. The number of unbranched alkanes of at least 4 members (excludes halogenated alkanes) is 1. The topological polar surface area (TPSA) is 69.4 Å². The van der Waals surface area contributed by atoms with Gasteiger partial charge in [0.25, 0.3) is 0 Å². The lowest BCUT2D eigenvalue weighted by Crippen LogP contribution is -2.19. The van der Waals surface area contributed by atoms with Crippen LogP contribution in [0.15, 0.2) is 58.5 Å². The van der Waals surface area contributed by atoms with Gasteiger partial charge in [-0.2, -0.15) is 0 Å². The molecule has 0 aliphatic heterocycles. The first kappa shape index (κ1) is 23.5. The molecule has 1 aromatic heterocycles. The Labute approximate surface area is 189 Å². The number of para-hydroxylation sites is 2. The van der Waals surface area contributed by atoms with Crippen molar-refractivity contribution in [1.82, 2.24) is 4.98 Å². The Bertz CT molecular complexity index is 1050. The maximum atomic E-state index is 12.7. The van der Waals surface area contributed by atoms with Crippen molar-refractivity contribution in [2.45, 2.75) is 52.9 Å². The van der Waals surface area contributed by atoms with Crippen LogP contribution in [-0.4, -0.2) is 23.3 Å². The summed E-state index contributed by atoms with van der Waals surface area (Å²) >= 11 is 0. The second kappa shape index (κ2) is 11.4. The lowest BCUT2D eigenvalue weighted by Gasteiger charge is -2.15. The van der Waals surface area contributed by atoms with Crippen LogP contribution in [0.5, 0.6) is 0 Å². The van der Waals surface area contributed by atoms with Gasteiger partial charge in [0.15, 0.2) is 11.4 Å². The van der Waals surface area contributed by atoms with Gasteiger partial charge in [0.2, 0.25) is 5.89 Å². The summed E-state index contributed by atoms with van der Waals surface area (Å²) in [6, 6.07) is 15.0. The van der Waals surface area contributed by atoms with Crippen molar-refractivity contribution in [2.75, 3.05) is 6.61 Å². The summed E-state index contributed by atoms with van der Waals surface area (Å²) in [5, 5.41) is 0. The van der Waals surface area contributed by atoms with E-state index in [0.29, 0.717) is 18.4 Å². The van der Waals surface area contributed by atoms with Crippen molar-refractivity contribution in [3.05, 3.63) is 59.7 Å². The molecule has 0 fully saturated rings. The van der Waals surface area contributed by atoms with Crippen LogP contribution < -0.4 is 0 Å². The number of hydrogen-bond donors (Lipinski definition) is 0. The molecule has 0 saturated carbocycles. The first-order valence-corrected chi connectivity index (χ1v) is 11.4. The minimum absolute atomic E-state index is 0.0902. The molecular formula is C27H31NO4. The minimum atomic E-state index is -0.546. The van der Waals surface area contributed by atoms with E-state index in [1.807, 2.05) is 48.5 Å². The largest absolute Gasteiger partial charge is 0.462 e. The fourth-order valence-electron chi connectivity index (χ4n) is 3.50. The molecule has 0 aliphatic rings. The standard InChI is InChI=1S/C27H31NO4/c1-4-7-10-19(5-2)18-31-27(30)22(24(29)6-3)17-20-13-15-21(16-14-20)26-28-23-11-8-9-12-25(23)32-26/h8-9,11-17,19H,4-7,10,18H2,1-3H3. The van der Waals surface area contributed by atoms with Crippen LogP contribution in [0.4, 0.5) is 0 Å². The van der Waals surface area contributed by atoms with Crippen LogP contribution in [0.1, 0.15) is 58.4 Å². The van der Waals surface area contributed by atoms with Gasteiger partial charge in [-0.15, -0.1) is 0 Å². The number of rotatable bonds is 11. The molecule has 1 atom stereocenters. The van der Waals surface area contributed by atoms with Gasteiger partial charge in [0.1, 0.15) is 11.1 Å². The summed E-state index contributed by atoms with van der Waals surface area (Å²) in [5.74, 6) is 0.0885. The Morgan fingerprint density at radius 2 is 1.81 bits per heavy atom. The number of benzene rings is 2. The van der Waals surface area contributed by atoms with Crippen LogP contribution in [0.2, 0.25) is 0 Å². The second-order valence-corrected chi connectivity index (χ2v) is 7.96. The number of nitrogens with zero attached hydrogens (tertiary/aromatic N) is 1. The molecule has 0 amide bonds. The Hall–Kier alpha value is -3.21. The Kier molecular flexibility index (Phi) is 8.37. The average molecular weight is 434 g/mol. The lowest BCUT2D eigenvalue weighted by atomic mass is 10.0. The van der Waals surface area contributed by atoms with Crippen molar-refractivity contribution in [3.8, 4) is 11.5 Å². The fourth-order valence-corrected chi connectivity index (χ4v) is 3.50. The van der Waals surface area contributed by atoms with Crippen LogP contribution in [0.25, 0.3) is 28.6 Å². The van der Waals surface area contributed by atoms with Gasteiger partial charge in [-0.25, -0.2) is 9.78 Å². The summed E-state index contributed by atoms with van der Waals surface area (Å²) in [4.78, 5) is 29.6. The Morgan fingerprint density at radius 1 is 1.06 bits per heavy atom. The molecule has 3 aromatic rings. The predicted molar refractivity (Wildman–Crippen MR) is 127 cm³/mol. The number of hydrogen-bond acceptors (Lipinski definition) is 5. The monoisotopic (exact) mass is 433 g/mol. The SMILES string of the molecule is CCCCC(CC)COC(=O)C(=Cc1ccc(-c2nc3ccccc3o2)cc1)C(=O)CC. The molecule has 3 rings (SSSR count). The summed E-state index contributed by atoms with van der Waals surface area (Å²) in [7, 11) is 0. The van der Waals surface area contributed by atoms with Crippen molar-refractivity contribution < 1.29 is 18.7 Å². The second-order valence-electron chi connectivity index (χ2n) is 7.96. The van der Waals surface area contributed by atoms with E-state index < -0.39 is 5.97 Å². The predicted octanol–water partition coefficient (Wildman–Crippen LogP) is 6.62. The summed E-state index contributed by atoms with van der Waals surface area (Å²) in [5.41, 5.74) is 3.19. The van der Waals surface area contributed by atoms with E-state index in [1.54, 1.807) is 13.0 Å². The number of esters is 1. The van der Waals surface area contributed by atoms with Crippen molar-refractivity contribution in [3.63, 3.8) is 0 Å². The van der Waals surface area contributed by atoms with Crippen LogP contribution in [0.3, 0.4) is 0 Å². The van der Waals surface area contributed by atoms with Gasteiger partial charge in [-0.3, -0.25) is 4.79 Å². The average Bonchev–Trinajstić information content (AvgIpc) is 3.26. The quantitative estimate of drug-likeness (QED) is 0.147. The number of oxazole rings is 1. The maximum absolute atomic E-state index is 12.7. The van der Waals surface area contributed by atoms with Gasteiger partial charge in [0.05, 0.1) is 6.61 Å². The third kappa shape index (κ3) is 5.94. The Morgan fingerprint density at radius 3 is 2.47 bits per heavy atom. The number of carbonyl (C=O) groups excluding carboxylic acids is 2. The van der Waals surface area contributed by atoms with Gasteiger partial charge < -0.3 is 9.15 Å². The van der Waals surface area contributed by atoms with Gasteiger partial charge in [0, 0.05) is 12.0 Å². The molecule has 0 bridgehead atoms. The van der Waals surface area contributed by atoms with Gasteiger partial charge in [-0.1, -0.05) is 64.3 Å². The summed E-state index contributed by atoms with van der Waals surface area (Å²) in [6.45, 7) is 6.34. The van der Waals surface area contributed by atoms with Crippen LogP contribution in [0, 0.1) is 5.92 Å².